The van der Waals surface area contributed by atoms with Crippen molar-refractivity contribution in [2.75, 3.05) is 0 Å². The van der Waals surface area contributed by atoms with E-state index in [4.69, 9.17) is 29.9 Å². The summed E-state index contributed by atoms with van der Waals surface area (Å²) < 4.78 is 0. The van der Waals surface area contributed by atoms with Gasteiger partial charge >= 0.3 is 35.8 Å². The topological polar surface area (TPSA) is 301 Å². The van der Waals surface area contributed by atoms with Gasteiger partial charge in [0.15, 0.2) is 0 Å². The van der Waals surface area contributed by atoms with Crippen molar-refractivity contribution in [2.24, 2.45) is 0 Å². The van der Waals surface area contributed by atoms with E-state index in [0.29, 0.717) is 101 Å². The molecule has 0 bridgehead atoms. The molecule has 3 aromatic heterocycles. The van der Waals surface area contributed by atoms with Crippen LogP contribution < -0.4 is 0 Å². The molecule has 0 atom stereocenters. The van der Waals surface area contributed by atoms with Crippen molar-refractivity contribution in [3.8, 4) is 134 Å². The van der Waals surface area contributed by atoms with Gasteiger partial charge in [-0.05, 0) is 140 Å². The monoisotopic (exact) mass is 1410 g/mol. The summed E-state index contributed by atoms with van der Waals surface area (Å²) in [5.74, 6) is -6.31. The molecule has 6 N–H and O–H groups in total. The second-order valence-corrected chi connectivity index (χ2v) is 25.6. The molecule has 0 spiro atoms. The maximum atomic E-state index is 11.9. The smallest absolute Gasteiger partial charge is 0.335 e. The summed E-state index contributed by atoms with van der Waals surface area (Å²) >= 11 is 0. The molecular formula is C90H54N6O12. The van der Waals surface area contributed by atoms with Gasteiger partial charge in [0.1, 0.15) is 33.1 Å². The minimum absolute atomic E-state index is 0.139. The maximum absolute atomic E-state index is 11.9. The summed E-state index contributed by atoms with van der Waals surface area (Å²) in [4.78, 5) is 106. The quantitative estimate of drug-likeness (QED) is 0.0435. The third kappa shape index (κ3) is 13.0. The highest BCUT2D eigenvalue weighted by atomic mass is 16.4. The SMILES string of the molecule is O=C(O)c1ccc(-c2ccc(-c3nc4c5nc(-c6ccc(-c7ccc(C(=O)O)cc7)cc6)c(-c6ccc(-c7ccc(C(=O)O)cc7)cc6)nc5c5nc(-c6ccc(-c7ccc(C(=O)O)cc7)cc6)c(-c6ccc(-c7ccc(C(=O)O)cc7)cc6)nc5c4nc3-c3ccc(-c4ccc(C(=O)O)cc4)cc3)cc2)cc1. The molecule has 516 valence electrons. The van der Waals surface area contributed by atoms with Gasteiger partial charge < -0.3 is 30.6 Å². The van der Waals surface area contributed by atoms with Gasteiger partial charge in [0, 0.05) is 33.4 Å². The van der Waals surface area contributed by atoms with Crippen molar-refractivity contribution >= 4 is 68.9 Å². The van der Waals surface area contributed by atoms with Crippen molar-refractivity contribution in [3.05, 3.63) is 325 Å². The molecule has 3 heterocycles. The molecule has 0 aliphatic rings. The molecular weight excluding hydrogens is 1360 g/mol. The van der Waals surface area contributed by atoms with Crippen LogP contribution in [0.3, 0.4) is 0 Å². The van der Waals surface area contributed by atoms with Crippen LogP contribution in [-0.2, 0) is 0 Å². The lowest BCUT2D eigenvalue weighted by Gasteiger charge is -2.18. The fourth-order valence-corrected chi connectivity index (χ4v) is 13.3. The Balaban J connectivity index is 0.981. The number of rotatable bonds is 18. The van der Waals surface area contributed by atoms with Gasteiger partial charge in [-0.3, -0.25) is 0 Å². The zero-order valence-electron chi connectivity index (χ0n) is 56.5. The molecule has 18 nitrogen and oxygen atoms in total. The zero-order valence-corrected chi connectivity index (χ0v) is 56.5. The Labute approximate surface area is 613 Å². The van der Waals surface area contributed by atoms with Crippen LogP contribution in [-0.4, -0.2) is 96.4 Å². The standard InChI is InChI=1S/C90H54N6O12/c97-85(98)67-37-13-55(14-38-67)49-1-25-61(26-2-49)73-74(62-27-3-50(4-28-62)56-15-39-68(40-16-56)86(99)100)92-80-79(91-73)81-83(95-76(64-31-7-52(8-32-64)58-19-43-70(44-20-58)88(103)104)75(93-81)63-29-5-51(6-30-63)57-17-41-69(42-18-57)87(101)102)84-82(80)94-77(65-33-9-53(10-34-65)59-21-45-71(46-22-59)89(105)106)78(96-84)66-35-11-54(12-36-66)60-23-47-72(48-24-60)90(107)108/h1-48H,(H,97,98)(H,99,100)(H,101,102)(H,103,104)(H,105,106)(H,107,108). The Bertz CT molecular complexity index is 5270. The number of carboxylic acid groups (broad SMARTS) is 6. The third-order valence-corrected chi connectivity index (χ3v) is 19.1. The van der Waals surface area contributed by atoms with Crippen LogP contribution in [0.25, 0.3) is 167 Å². The van der Waals surface area contributed by atoms with Crippen LogP contribution in [0, 0.1) is 0 Å². The fraction of sp³-hybridized carbons (Fsp3) is 0. The van der Waals surface area contributed by atoms with Crippen molar-refractivity contribution in [3.63, 3.8) is 0 Å². The number of carbonyl (C=O) groups is 6. The van der Waals surface area contributed by atoms with Gasteiger partial charge in [0.05, 0.1) is 67.5 Å². The Morgan fingerprint density at radius 3 is 0.315 bits per heavy atom. The average molecular weight is 1410 g/mol. The van der Waals surface area contributed by atoms with E-state index in [2.05, 4.69) is 0 Å². The number of aromatic carboxylic acids is 6. The van der Waals surface area contributed by atoms with E-state index in [1.165, 1.54) is 0 Å². The highest BCUT2D eigenvalue weighted by molar-refractivity contribution is 6.20. The molecule has 0 saturated carbocycles. The number of nitrogens with zero attached hydrogens (tertiary/aromatic N) is 6. The highest BCUT2D eigenvalue weighted by Gasteiger charge is 2.27. The molecule has 0 radical (unpaired) electrons. The summed E-state index contributed by atoms with van der Waals surface area (Å²) in [5.41, 5.74) is 18.4. The average Bonchev–Trinajstić information content (AvgIpc) is 0.712. The maximum Gasteiger partial charge on any atom is 0.335 e. The Morgan fingerprint density at radius 2 is 0.222 bits per heavy atom. The van der Waals surface area contributed by atoms with E-state index in [1.807, 2.05) is 146 Å². The Kier molecular flexibility index (Phi) is 17.3. The van der Waals surface area contributed by atoms with E-state index < -0.39 is 35.8 Å². The number of aromatic nitrogens is 6. The summed E-state index contributed by atoms with van der Waals surface area (Å²) in [6.07, 6.45) is 0. The lowest BCUT2D eigenvalue weighted by molar-refractivity contribution is 0.0686. The second kappa shape index (κ2) is 27.8. The van der Waals surface area contributed by atoms with Gasteiger partial charge in [0.25, 0.3) is 0 Å². The molecule has 16 aromatic rings. The largest absolute Gasteiger partial charge is 0.478 e. The minimum Gasteiger partial charge on any atom is -0.478 e. The van der Waals surface area contributed by atoms with Crippen LogP contribution in [0.15, 0.2) is 291 Å². The summed E-state index contributed by atoms with van der Waals surface area (Å²) in [6, 6.07) is 85.6. The fourth-order valence-electron chi connectivity index (χ4n) is 13.3. The lowest BCUT2D eigenvalue weighted by atomic mass is 9.96. The summed E-state index contributed by atoms with van der Waals surface area (Å²) in [7, 11) is 0. The molecule has 18 heteroatoms. The first kappa shape index (κ1) is 67.2. The van der Waals surface area contributed by atoms with E-state index in [-0.39, 0.29) is 33.4 Å². The Hall–Kier alpha value is -15.3. The normalized spacial score (nSPS) is 11.2. The summed E-state index contributed by atoms with van der Waals surface area (Å²) in [6.45, 7) is 0. The van der Waals surface area contributed by atoms with E-state index in [9.17, 15) is 59.4 Å². The molecule has 0 amide bonds. The molecule has 0 aliphatic carbocycles. The molecule has 0 unspecified atom stereocenters. The first-order valence-electron chi connectivity index (χ1n) is 33.9. The number of benzene rings is 13. The van der Waals surface area contributed by atoms with Crippen LogP contribution in [0.1, 0.15) is 62.1 Å². The van der Waals surface area contributed by atoms with Gasteiger partial charge in [-0.1, -0.05) is 218 Å². The number of carboxylic acids is 6. The predicted octanol–water partition coefficient (Wildman–Crippen LogP) is 19.7. The zero-order chi connectivity index (χ0) is 74.4. The Morgan fingerprint density at radius 1 is 0.139 bits per heavy atom. The van der Waals surface area contributed by atoms with Crippen molar-refractivity contribution in [1.82, 2.24) is 29.9 Å². The molecule has 13 aromatic carbocycles. The van der Waals surface area contributed by atoms with Gasteiger partial charge in [-0.25, -0.2) is 58.7 Å². The molecule has 0 aliphatic heterocycles. The van der Waals surface area contributed by atoms with E-state index in [1.54, 1.807) is 146 Å². The van der Waals surface area contributed by atoms with Crippen LogP contribution in [0.4, 0.5) is 0 Å². The molecule has 0 fully saturated rings. The molecule has 0 saturated heterocycles. The van der Waals surface area contributed by atoms with Crippen molar-refractivity contribution in [2.45, 2.75) is 0 Å². The van der Waals surface area contributed by atoms with E-state index in [0.717, 1.165) is 66.8 Å². The van der Waals surface area contributed by atoms with Crippen LogP contribution in [0.2, 0.25) is 0 Å². The second-order valence-electron chi connectivity index (χ2n) is 25.6. The number of hydrogen-bond acceptors (Lipinski definition) is 12. The van der Waals surface area contributed by atoms with Crippen LogP contribution >= 0.6 is 0 Å². The first-order chi connectivity index (χ1) is 52.4. The van der Waals surface area contributed by atoms with Gasteiger partial charge in [-0.15, -0.1) is 0 Å². The van der Waals surface area contributed by atoms with Gasteiger partial charge in [0.2, 0.25) is 0 Å². The molecule has 108 heavy (non-hydrogen) atoms. The first-order valence-corrected chi connectivity index (χ1v) is 33.9. The number of hydrogen-bond donors (Lipinski definition) is 6. The van der Waals surface area contributed by atoms with E-state index >= 15 is 0 Å². The van der Waals surface area contributed by atoms with Crippen molar-refractivity contribution < 1.29 is 59.4 Å². The third-order valence-electron chi connectivity index (χ3n) is 19.1. The molecule has 16 rings (SSSR count). The lowest BCUT2D eigenvalue weighted by Crippen LogP contribution is -2.04. The van der Waals surface area contributed by atoms with Crippen molar-refractivity contribution in [1.29, 1.82) is 0 Å². The number of fused-ring (bicyclic) bond motifs is 6. The summed E-state index contributed by atoms with van der Waals surface area (Å²) in [5, 5.41) is 58.5. The predicted molar refractivity (Wildman–Crippen MR) is 413 cm³/mol. The van der Waals surface area contributed by atoms with Gasteiger partial charge in [-0.2, -0.15) is 0 Å². The minimum atomic E-state index is -1.05. The highest BCUT2D eigenvalue weighted by Crippen LogP contribution is 2.44. The van der Waals surface area contributed by atoms with Crippen LogP contribution in [0.5, 0.6) is 0 Å².